The van der Waals surface area contributed by atoms with Crippen molar-refractivity contribution in [1.82, 2.24) is 9.88 Å². The molecule has 0 saturated carbocycles. The number of anilines is 1. The molecule has 1 aromatic heterocycles. The van der Waals surface area contributed by atoms with E-state index in [9.17, 15) is 4.39 Å². The van der Waals surface area contributed by atoms with E-state index in [-0.39, 0.29) is 0 Å². The van der Waals surface area contributed by atoms with E-state index in [1.807, 2.05) is 25.2 Å². The highest BCUT2D eigenvalue weighted by molar-refractivity contribution is 5.46. The summed E-state index contributed by atoms with van der Waals surface area (Å²) < 4.78 is 14.9. The summed E-state index contributed by atoms with van der Waals surface area (Å²) in [6.07, 6.45) is 3.44. The molecule has 20 heavy (non-hydrogen) atoms. The van der Waals surface area contributed by atoms with E-state index in [1.54, 1.807) is 0 Å². The van der Waals surface area contributed by atoms with E-state index in [2.05, 4.69) is 35.9 Å². The zero-order valence-electron chi connectivity index (χ0n) is 13.1. The molecule has 1 saturated heterocycles. The van der Waals surface area contributed by atoms with Crippen molar-refractivity contribution in [3.63, 3.8) is 0 Å². The first-order valence-electron chi connectivity index (χ1n) is 7.44. The van der Waals surface area contributed by atoms with Gasteiger partial charge >= 0.3 is 0 Å². The summed E-state index contributed by atoms with van der Waals surface area (Å²) in [4.78, 5) is 8.55. The lowest BCUT2D eigenvalue weighted by Crippen LogP contribution is -2.50. The maximum absolute atomic E-state index is 14.9. The minimum absolute atomic E-state index is 0.430. The number of piperidine rings is 1. The molecule has 1 atom stereocenters. The third-order valence-electron chi connectivity index (χ3n) is 3.85. The fourth-order valence-electron chi connectivity index (χ4n) is 2.93. The van der Waals surface area contributed by atoms with Crippen LogP contribution in [0.4, 0.5) is 10.1 Å². The molecule has 1 aliphatic heterocycles. The van der Waals surface area contributed by atoms with Crippen molar-refractivity contribution in [2.24, 2.45) is 0 Å². The van der Waals surface area contributed by atoms with Gasteiger partial charge in [-0.2, -0.15) is 0 Å². The smallest absolute Gasteiger partial charge is 0.141 e. The minimum atomic E-state index is -1.11. The molecule has 112 valence electrons. The number of nitrogens with zero attached hydrogens (tertiary/aromatic N) is 3. The Morgan fingerprint density at radius 3 is 2.70 bits per heavy atom. The fraction of sp³-hybridized carbons (Fsp3) is 0.688. The number of pyridine rings is 1. The Kier molecular flexibility index (Phi) is 4.63. The van der Waals surface area contributed by atoms with Crippen molar-refractivity contribution in [3.05, 3.63) is 24.0 Å². The van der Waals surface area contributed by atoms with Crippen LogP contribution in [-0.2, 0) is 0 Å². The van der Waals surface area contributed by atoms with Crippen LogP contribution >= 0.6 is 0 Å². The van der Waals surface area contributed by atoms with Crippen LogP contribution in [0.15, 0.2) is 18.3 Å². The quantitative estimate of drug-likeness (QED) is 0.844. The van der Waals surface area contributed by atoms with Crippen LogP contribution in [-0.4, -0.2) is 49.3 Å². The highest BCUT2D eigenvalue weighted by Gasteiger charge is 2.36. The van der Waals surface area contributed by atoms with Gasteiger partial charge in [0.25, 0.3) is 0 Å². The molecule has 2 rings (SSSR count). The van der Waals surface area contributed by atoms with Crippen molar-refractivity contribution in [2.75, 3.05) is 38.6 Å². The van der Waals surface area contributed by atoms with Gasteiger partial charge in [0, 0.05) is 18.8 Å². The Hall–Kier alpha value is -1.16. The third-order valence-corrected chi connectivity index (χ3v) is 3.85. The second-order valence-corrected chi connectivity index (χ2v) is 6.51. The molecule has 4 heteroatoms. The Balaban J connectivity index is 2.08. The van der Waals surface area contributed by atoms with Gasteiger partial charge in [-0.15, -0.1) is 0 Å². The summed E-state index contributed by atoms with van der Waals surface area (Å²) in [7, 11) is 3.86. The van der Waals surface area contributed by atoms with E-state index in [1.165, 1.54) is 0 Å². The van der Waals surface area contributed by atoms with E-state index < -0.39 is 5.67 Å². The Morgan fingerprint density at radius 1 is 1.40 bits per heavy atom. The molecule has 1 fully saturated rings. The van der Waals surface area contributed by atoms with Crippen LogP contribution in [0.25, 0.3) is 0 Å². The lowest BCUT2D eigenvalue weighted by molar-refractivity contribution is 0.0977. The van der Waals surface area contributed by atoms with Gasteiger partial charge in [-0.25, -0.2) is 4.39 Å². The summed E-state index contributed by atoms with van der Waals surface area (Å²) in [5, 5.41) is 0. The van der Waals surface area contributed by atoms with Gasteiger partial charge in [0.2, 0.25) is 0 Å². The van der Waals surface area contributed by atoms with Crippen molar-refractivity contribution in [2.45, 2.75) is 38.3 Å². The van der Waals surface area contributed by atoms with Crippen LogP contribution in [0.1, 0.15) is 38.3 Å². The van der Waals surface area contributed by atoms with Crippen LogP contribution in [0.3, 0.4) is 0 Å². The van der Waals surface area contributed by atoms with Crippen molar-refractivity contribution in [3.8, 4) is 0 Å². The molecule has 0 bridgehead atoms. The number of halogens is 1. The van der Waals surface area contributed by atoms with E-state index in [0.29, 0.717) is 25.4 Å². The topological polar surface area (TPSA) is 19.4 Å². The van der Waals surface area contributed by atoms with Crippen molar-refractivity contribution < 1.29 is 4.39 Å². The van der Waals surface area contributed by atoms with Crippen LogP contribution in [0.5, 0.6) is 0 Å². The fourth-order valence-corrected chi connectivity index (χ4v) is 2.93. The Bertz CT molecular complexity index is 430. The maximum atomic E-state index is 14.9. The molecule has 3 nitrogen and oxygen atoms in total. The molecular weight excluding hydrogens is 253 g/mol. The van der Waals surface area contributed by atoms with Gasteiger partial charge in [0.15, 0.2) is 0 Å². The molecule has 1 aliphatic rings. The molecule has 0 radical (unpaired) electrons. The summed E-state index contributed by atoms with van der Waals surface area (Å²) in [5.41, 5.74) is 1.01. The molecule has 0 unspecified atom stereocenters. The zero-order valence-corrected chi connectivity index (χ0v) is 13.1. The number of hydrogen-bond acceptors (Lipinski definition) is 3. The third kappa shape index (κ3) is 3.69. The van der Waals surface area contributed by atoms with Gasteiger partial charge < -0.3 is 9.80 Å². The predicted molar refractivity (Wildman–Crippen MR) is 82.2 cm³/mol. The van der Waals surface area contributed by atoms with Crippen molar-refractivity contribution in [1.29, 1.82) is 0 Å². The van der Waals surface area contributed by atoms with E-state index in [0.717, 1.165) is 24.3 Å². The second kappa shape index (κ2) is 6.08. The van der Waals surface area contributed by atoms with Gasteiger partial charge in [-0.05, 0) is 45.0 Å². The Labute approximate surface area is 121 Å². The summed E-state index contributed by atoms with van der Waals surface area (Å²) in [6.45, 7) is 6.13. The first kappa shape index (κ1) is 15.2. The SMILES string of the molecule is CC(C)c1ccc(N2CCC[C@@](F)(CN(C)C)C2)cn1. The molecule has 0 spiro atoms. The van der Waals surface area contributed by atoms with Gasteiger partial charge in [0.1, 0.15) is 5.67 Å². The summed E-state index contributed by atoms with van der Waals surface area (Å²) in [5.74, 6) is 0.430. The van der Waals surface area contributed by atoms with Crippen LogP contribution < -0.4 is 4.90 Å². The summed E-state index contributed by atoms with van der Waals surface area (Å²) in [6, 6.07) is 4.13. The number of hydrogen-bond donors (Lipinski definition) is 0. The first-order valence-corrected chi connectivity index (χ1v) is 7.44. The van der Waals surface area contributed by atoms with Gasteiger partial charge in [-0.1, -0.05) is 13.8 Å². The molecule has 0 amide bonds. The highest BCUT2D eigenvalue weighted by atomic mass is 19.1. The van der Waals surface area contributed by atoms with Gasteiger partial charge in [-0.3, -0.25) is 4.98 Å². The lowest BCUT2D eigenvalue weighted by atomic mass is 9.94. The average Bonchev–Trinajstić information content (AvgIpc) is 2.37. The molecule has 1 aromatic rings. The number of rotatable bonds is 4. The molecule has 0 aliphatic carbocycles. The monoisotopic (exact) mass is 279 g/mol. The zero-order chi connectivity index (χ0) is 14.8. The number of aromatic nitrogens is 1. The largest absolute Gasteiger partial charge is 0.367 e. The van der Waals surface area contributed by atoms with E-state index >= 15 is 0 Å². The standard InChI is InChI=1S/C16H26FN3/c1-13(2)15-7-6-14(10-18-15)20-9-5-8-16(17,12-20)11-19(3)4/h6-7,10,13H,5,8-9,11-12H2,1-4H3/t16-/m1/s1. The molecular formula is C16H26FN3. The number of alkyl halides is 1. The highest BCUT2D eigenvalue weighted by Crippen LogP contribution is 2.29. The first-order chi connectivity index (χ1) is 9.39. The predicted octanol–water partition coefficient (Wildman–Crippen LogP) is 3.08. The minimum Gasteiger partial charge on any atom is -0.367 e. The van der Waals surface area contributed by atoms with Crippen LogP contribution in [0, 0.1) is 0 Å². The van der Waals surface area contributed by atoms with E-state index in [4.69, 9.17) is 0 Å². The van der Waals surface area contributed by atoms with Crippen molar-refractivity contribution >= 4 is 5.69 Å². The lowest BCUT2D eigenvalue weighted by Gasteiger charge is -2.39. The Morgan fingerprint density at radius 2 is 2.15 bits per heavy atom. The molecule has 0 aromatic carbocycles. The average molecular weight is 279 g/mol. The second-order valence-electron chi connectivity index (χ2n) is 6.51. The summed E-state index contributed by atoms with van der Waals surface area (Å²) >= 11 is 0. The maximum Gasteiger partial charge on any atom is 0.141 e. The molecule has 0 N–H and O–H groups in total. The van der Waals surface area contributed by atoms with Crippen LogP contribution in [0.2, 0.25) is 0 Å². The van der Waals surface area contributed by atoms with Gasteiger partial charge in [0.05, 0.1) is 18.4 Å². The normalized spacial score (nSPS) is 23.6. The molecule has 2 heterocycles.